The lowest BCUT2D eigenvalue weighted by molar-refractivity contribution is 0.100. The van der Waals surface area contributed by atoms with Crippen molar-refractivity contribution in [3.05, 3.63) is 40.5 Å². The maximum absolute atomic E-state index is 11.8. The molecular formula is C15H12BrN3O2. The topological polar surface area (TPSA) is 102 Å². The number of hydrogen-bond acceptors (Lipinski definition) is 4. The molecule has 0 aliphatic rings. The molecule has 2 rings (SSSR count). The van der Waals surface area contributed by atoms with Crippen molar-refractivity contribution in [2.45, 2.75) is 0 Å². The molecular weight excluding hydrogens is 334 g/mol. The molecule has 0 radical (unpaired) electrons. The molecule has 0 saturated heterocycles. The molecule has 0 aliphatic carbocycles. The molecule has 5 N–H and O–H groups in total. The van der Waals surface area contributed by atoms with Gasteiger partial charge in [0.2, 0.25) is 0 Å². The molecule has 0 fully saturated rings. The molecule has 6 heteroatoms. The minimum absolute atomic E-state index is 0.206. The summed E-state index contributed by atoms with van der Waals surface area (Å²) < 4.78 is 0.779. The fraction of sp³-hybridized carbons (Fsp3) is 0.0667. The highest BCUT2D eigenvalue weighted by Gasteiger charge is 2.18. The number of pyridine rings is 1. The smallest absolute Gasteiger partial charge is 0.251 e. The molecule has 1 aromatic heterocycles. The Balaban J connectivity index is 2.85. The molecule has 0 bridgehead atoms. The van der Waals surface area contributed by atoms with Crippen molar-refractivity contribution in [1.29, 1.82) is 0 Å². The predicted octanol–water partition coefficient (Wildman–Crippen LogP) is 1.69. The van der Waals surface area contributed by atoms with Crippen LogP contribution in [0.15, 0.2) is 29.3 Å². The van der Waals surface area contributed by atoms with Crippen LogP contribution < -0.4 is 11.5 Å². The third-order valence-corrected chi connectivity index (χ3v) is 3.34. The molecule has 21 heavy (non-hydrogen) atoms. The van der Waals surface area contributed by atoms with Gasteiger partial charge >= 0.3 is 0 Å². The van der Waals surface area contributed by atoms with Gasteiger partial charge in [-0.3, -0.25) is 4.79 Å². The fourth-order valence-electron chi connectivity index (χ4n) is 1.98. The van der Waals surface area contributed by atoms with E-state index in [1.165, 1.54) is 0 Å². The van der Waals surface area contributed by atoms with E-state index in [2.05, 4.69) is 39.3 Å². The van der Waals surface area contributed by atoms with Crippen molar-refractivity contribution >= 4 is 44.0 Å². The Labute approximate surface area is 129 Å². The fourth-order valence-corrected chi connectivity index (χ4v) is 2.35. The van der Waals surface area contributed by atoms with Gasteiger partial charge in [-0.05, 0) is 18.2 Å². The summed E-state index contributed by atoms with van der Waals surface area (Å²) in [5, 5.41) is 9.94. The number of fused-ring (bicyclic) bond motifs is 1. The van der Waals surface area contributed by atoms with Crippen LogP contribution in [-0.4, -0.2) is 22.6 Å². The number of primary amides is 1. The number of aromatic nitrogens is 1. The van der Waals surface area contributed by atoms with Crippen LogP contribution in [0.4, 0.5) is 5.82 Å². The van der Waals surface area contributed by atoms with Gasteiger partial charge in [0.05, 0.1) is 11.3 Å². The van der Waals surface area contributed by atoms with E-state index in [0.717, 1.165) is 4.47 Å². The molecule has 2 aromatic rings. The molecule has 1 amide bonds. The SMILES string of the molecule is C=C(C#CCO)c1nc(N)c2ccc(Br)cc2c1C(N)=O. The molecule has 0 unspecified atom stereocenters. The Morgan fingerprint density at radius 1 is 1.43 bits per heavy atom. The zero-order valence-electron chi connectivity index (χ0n) is 11.0. The highest BCUT2D eigenvalue weighted by molar-refractivity contribution is 9.10. The standard InChI is InChI=1S/C15H12BrN3O2/c1-8(3-2-6-20)13-12(15(18)21)11-7-9(16)4-5-10(11)14(17)19-13/h4-5,7,20H,1,6H2,(H2,17,19)(H2,18,21). The first kappa shape index (κ1) is 15.0. The Bertz CT molecular complexity index is 819. The van der Waals surface area contributed by atoms with E-state index in [4.69, 9.17) is 16.6 Å². The van der Waals surface area contributed by atoms with E-state index in [-0.39, 0.29) is 29.3 Å². The van der Waals surface area contributed by atoms with Crippen molar-refractivity contribution < 1.29 is 9.90 Å². The second kappa shape index (κ2) is 5.95. The first-order chi connectivity index (χ1) is 9.95. The van der Waals surface area contributed by atoms with Crippen molar-refractivity contribution in [1.82, 2.24) is 4.98 Å². The highest BCUT2D eigenvalue weighted by Crippen LogP contribution is 2.30. The number of aliphatic hydroxyl groups excluding tert-OH is 1. The van der Waals surface area contributed by atoms with Crippen LogP contribution in [-0.2, 0) is 0 Å². The van der Waals surface area contributed by atoms with Crippen LogP contribution in [0.5, 0.6) is 0 Å². The first-order valence-electron chi connectivity index (χ1n) is 5.93. The van der Waals surface area contributed by atoms with E-state index < -0.39 is 5.91 Å². The summed E-state index contributed by atoms with van der Waals surface area (Å²) in [7, 11) is 0. The van der Waals surface area contributed by atoms with Crippen LogP contribution in [0, 0.1) is 11.8 Å². The number of aliphatic hydroxyl groups is 1. The number of nitrogen functional groups attached to an aromatic ring is 1. The van der Waals surface area contributed by atoms with Crippen LogP contribution in [0.2, 0.25) is 0 Å². The van der Waals surface area contributed by atoms with Gasteiger partial charge in [-0.2, -0.15) is 0 Å². The second-order valence-electron chi connectivity index (χ2n) is 4.21. The quantitative estimate of drug-likeness (QED) is 0.720. The number of hydrogen-bond donors (Lipinski definition) is 3. The van der Waals surface area contributed by atoms with Crippen molar-refractivity contribution in [3.63, 3.8) is 0 Å². The summed E-state index contributed by atoms with van der Waals surface area (Å²) >= 11 is 3.35. The zero-order valence-corrected chi connectivity index (χ0v) is 12.6. The highest BCUT2D eigenvalue weighted by atomic mass is 79.9. The molecule has 0 saturated carbocycles. The summed E-state index contributed by atoms with van der Waals surface area (Å²) in [5.74, 6) is 4.68. The van der Waals surface area contributed by atoms with Crippen molar-refractivity contribution in [2.75, 3.05) is 12.3 Å². The lowest BCUT2D eigenvalue weighted by Gasteiger charge is -2.11. The number of anilines is 1. The number of amides is 1. The number of allylic oxidation sites excluding steroid dienone is 1. The predicted molar refractivity (Wildman–Crippen MR) is 86.3 cm³/mol. The molecule has 0 atom stereocenters. The Morgan fingerprint density at radius 2 is 2.14 bits per heavy atom. The van der Waals surface area contributed by atoms with Gasteiger partial charge in [-0.1, -0.05) is 34.3 Å². The lowest BCUT2D eigenvalue weighted by atomic mass is 9.99. The van der Waals surface area contributed by atoms with E-state index in [9.17, 15) is 4.79 Å². The normalized spacial score (nSPS) is 10.0. The van der Waals surface area contributed by atoms with Crippen molar-refractivity contribution in [3.8, 4) is 11.8 Å². The van der Waals surface area contributed by atoms with Crippen LogP contribution >= 0.6 is 15.9 Å². The summed E-state index contributed by atoms with van der Waals surface area (Å²) in [4.78, 5) is 16.0. The average Bonchev–Trinajstić information content (AvgIpc) is 2.43. The third-order valence-electron chi connectivity index (χ3n) is 2.85. The Hall–Kier alpha value is -2.36. The van der Waals surface area contributed by atoms with E-state index >= 15 is 0 Å². The molecule has 0 spiro atoms. The minimum Gasteiger partial charge on any atom is -0.384 e. The molecule has 1 heterocycles. The van der Waals surface area contributed by atoms with Crippen molar-refractivity contribution in [2.24, 2.45) is 5.73 Å². The van der Waals surface area contributed by atoms with Gasteiger partial charge < -0.3 is 16.6 Å². The van der Waals surface area contributed by atoms with Crippen LogP contribution in [0.1, 0.15) is 16.1 Å². The largest absolute Gasteiger partial charge is 0.384 e. The van der Waals surface area contributed by atoms with Gasteiger partial charge in [0.15, 0.2) is 0 Å². The number of benzene rings is 1. The van der Waals surface area contributed by atoms with Gasteiger partial charge in [-0.15, -0.1) is 0 Å². The zero-order chi connectivity index (χ0) is 15.6. The summed E-state index contributed by atoms with van der Waals surface area (Å²) in [6.45, 7) is 3.43. The van der Waals surface area contributed by atoms with E-state index in [1.54, 1.807) is 18.2 Å². The number of carbonyl (C=O) groups excluding carboxylic acids is 1. The Morgan fingerprint density at radius 3 is 2.76 bits per heavy atom. The summed E-state index contributed by atoms with van der Waals surface area (Å²) in [5.41, 5.74) is 12.1. The van der Waals surface area contributed by atoms with Gasteiger partial charge in [0.1, 0.15) is 12.4 Å². The molecule has 0 aliphatic heterocycles. The van der Waals surface area contributed by atoms with Crippen LogP contribution in [0.25, 0.3) is 16.3 Å². The maximum Gasteiger partial charge on any atom is 0.251 e. The first-order valence-corrected chi connectivity index (χ1v) is 6.72. The number of halogens is 1. The molecule has 1 aromatic carbocycles. The molecule has 5 nitrogen and oxygen atoms in total. The lowest BCUT2D eigenvalue weighted by Crippen LogP contribution is -2.16. The monoisotopic (exact) mass is 345 g/mol. The Kier molecular flexibility index (Phi) is 4.26. The van der Waals surface area contributed by atoms with Gasteiger partial charge in [0.25, 0.3) is 5.91 Å². The minimum atomic E-state index is -0.646. The van der Waals surface area contributed by atoms with Gasteiger partial charge in [0, 0.05) is 20.8 Å². The van der Waals surface area contributed by atoms with Crippen LogP contribution in [0.3, 0.4) is 0 Å². The number of nitrogens with two attached hydrogens (primary N) is 2. The number of carbonyl (C=O) groups is 1. The summed E-state index contributed by atoms with van der Waals surface area (Å²) in [6.07, 6.45) is 0. The number of nitrogens with zero attached hydrogens (tertiary/aromatic N) is 1. The second-order valence-corrected chi connectivity index (χ2v) is 5.13. The van der Waals surface area contributed by atoms with E-state index in [0.29, 0.717) is 10.8 Å². The summed E-state index contributed by atoms with van der Waals surface area (Å²) in [6, 6.07) is 5.29. The molecule has 106 valence electrons. The maximum atomic E-state index is 11.8. The third kappa shape index (κ3) is 2.89. The average molecular weight is 346 g/mol. The number of rotatable bonds is 2. The van der Waals surface area contributed by atoms with E-state index in [1.807, 2.05) is 0 Å². The van der Waals surface area contributed by atoms with Gasteiger partial charge in [-0.25, -0.2) is 4.98 Å².